The van der Waals surface area contributed by atoms with Gasteiger partial charge in [-0.05, 0) is 24.3 Å². The average Bonchev–Trinajstić information content (AvgIpc) is 2.44. The van der Waals surface area contributed by atoms with Crippen molar-refractivity contribution in [3.05, 3.63) is 63.4 Å². The van der Waals surface area contributed by atoms with Gasteiger partial charge in [0.2, 0.25) is 0 Å². The van der Waals surface area contributed by atoms with Gasteiger partial charge in [0.15, 0.2) is 5.84 Å². The van der Waals surface area contributed by atoms with Crippen LogP contribution < -0.4 is 10.5 Å². The maximum atomic E-state index is 14.2. The van der Waals surface area contributed by atoms with E-state index < -0.39 is 5.82 Å². The summed E-state index contributed by atoms with van der Waals surface area (Å²) in [6.07, 6.45) is 0. The number of amidine groups is 1. The van der Waals surface area contributed by atoms with Crippen LogP contribution in [0.5, 0.6) is 5.75 Å². The molecule has 0 amide bonds. The molecule has 0 bridgehead atoms. The Balaban J connectivity index is 2.20. The molecule has 4 nitrogen and oxygen atoms in total. The predicted molar refractivity (Wildman–Crippen MR) is 79.7 cm³/mol. The number of hydrogen-bond acceptors (Lipinski definition) is 3. The van der Waals surface area contributed by atoms with Crippen LogP contribution in [-0.2, 0) is 6.61 Å². The Morgan fingerprint density at radius 2 is 1.90 bits per heavy atom. The molecule has 0 saturated carbocycles. The van der Waals surface area contributed by atoms with Crippen LogP contribution in [0.25, 0.3) is 0 Å². The Kier molecular flexibility index (Phi) is 4.88. The Morgan fingerprint density at radius 1 is 1.24 bits per heavy atom. The van der Waals surface area contributed by atoms with Gasteiger partial charge in [0.05, 0.1) is 5.56 Å². The number of halogens is 3. The fourth-order valence-electron chi connectivity index (χ4n) is 1.72. The van der Waals surface area contributed by atoms with Crippen LogP contribution in [0.4, 0.5) is 4.39 Å². The summed E-state index contributed by atoms with van der Waals surface area (Å²) < 4.78 is 19.6. The van der Waals surface area contributed by atoms with E-state index in [2.05, 4.69) is 5.16 Å². The van der Waals surface area contributed by atoms with Crippen molar-refractivity contribution in [2.24, 2.45) is 10.9 Å². The van der Waals surface area contributed by atoms with E-state index in [9.17, 15) is 4.39 Å². The van der Waals surface area contributed by atoms with Crippen molar-refractivity contribution >= 4 is 29.0 Å². The van der Waals surface area contributed by atoms with Gasteiger partial charge in [-0.3, -0.25) is 0 Å². The maximum Gasteiger partial charge on any atom is 0.173 e. The monoisotopic (exact) mass is 328 g/mol. The molecule has 0 aliphatic carbocycles. The zero-order valence-electron chi connectivity index (χ0n) is 10.7. The largest absolute Gasteiger partial charge is 0.489 e. The lowest BCUT2D eigenvalue weighted by molar-refractivity contribution is 0.299. The molecule has 0 unspecified atom stereocenters. The summed E-state index contributed by atoms with van der Waals surface area (Å²) in [7, 11) is 0. The van der Waals surface area contributed by atoms with Crippen molar-refractivity contribution in [1.82, 2.24) is 0 Å². The van der Waals surface area contributed by atoms with E-state index in [1.807, 2.05) is 0 Å². The molecule has 0 aromatic heterocycles. The molecule has 2 aromatic carbocycles. The third kappa shape index (κ3) is 3.77. The molecular weight excluding hydrogens is 318 g/mol. The quantitative estimate of drug-likeness (QED) is 0.388. The maximum absolute atomic E-state index is 14.2. The predicted octanol–water partition coefficient (Wildman–Crippen LogP) is 3.81. The lowest BCUT2D eigenvalue weighted by Gasteiger charge is -2.10. The molecule has 0 atom stereocenters. The third-order valence-electron chi connectivity index (χ3n) is 2.69. The molecule has 0 heterocycles. The number of ether oxygens (including phenoxy) is 1. The van der Waals surface area contributed by atoms with Gasteiger partial charge in [0.25, 0.3) is 0 Å². The summed E-state index contributed by atoms with van der Waals surface area (Å²) >= 11 is 11.7. The van der Waals surface area contributed by atoms with Crippen molar-refractivity contribution in [3.8, 4) is 5.75 Å². The van der Waals surface area contributed by atoms with Gasteiger partial charge in [0.1, 0.15) is 18.2 Å². The fourth-order valence-corrected chi connectivity index (χ4v) is 2.22. The third-order valence-corrected chi connectivity index (χ3v) is 3.13. The first-order valence-corrected chi connectivity index (χ1v) is 6.61. The number of benzene rings is 2. The van der Waals surface area contributed by atoms with E-state index in [1.165, 1.54) is 12.1 Å². The first-order valence-electron chi connectivity index (χ1n) is 5.85. The molecule has 0 spiro atoms. The highest BCUT2D eigenvalue weighted by Crippen LogP contribution is 2.25. The number of nitrogens with two attached hydrogens (primary N) is 1. The SMILES string of the molecule is N/C(=N/O)c1cccc(COc2cc(Cl)cc(Cl)c2)c1F. The second-order valence-electron chi connectivity index (χ2n) is 4.16. The average molecular weight is 329 g/mol. The molecule has 2 rings (SSSR count). The molecule has 0 saturated heterocycles. The standard InChI is InChI=1S/C14H11Cl2FN2O2/c15-9-4-10(16)6-11(5-9)21-7-8-2-1-3-12(13(8)17)14(18)19-20/h1-6,20H,7H2,(H2,18,19). The second kappa shape index (κ2) is 6.65. The molecule has 2 aromatic rings. The van der Waals surface area contributed by atoms with Crippen LogP contribution >= 0.6 is 23.2 Å². The van der Waals surface area contributed by atoms with Crippen LogP contribution in [0.1, 0.15) is 11.1 Å². The highest BCUT2D eigenvalue weighted by Gasteiger charge is 2.12. The van der Waals surface area contributed by atoms with Crippen LogP contribution in [0, 0.1) is 5.82 Å². The molecule has 0 aliphatic heterocycles. The molecule has 3 N–H and O–H groups in total. The van der Waals surface area contributed by atoms with Crippen LogP contribution in [-0.4, -0.2) is 11.0 Å². The summed E-state index contributed by atoms with van der Waals surface area (Å²) in [6, 6.07) is 9.23. The van der Waals surface area contributed by atoms with Gasteiger partial charge in [-0.1, -0.05) is 40.5 Å². The van der Waals surface area contributed by atoms with E-state index >= 15 is 0 Å². The molecule has 0 fully saturated rings. The van der Waals surface area contributed by atoms with Crippen molar-refractivity contribution in [2.45, 2.75) is 6.61 Å². The van der Waals surface area contributed by atoms with Crippen LogP contribution in [0.15, 0.2) is 41.6 Å². The zero-order chi connectivity index (χ0) is 15.4. The van der Waals surface area contributed by atoms with Gasteiger partial charge < -0.3 is 15.7 Å². The van der Waals surface area contributed by atoms with Crippen molar-refractivity contribution < 1.29 is 14.3 Å². The number of hydrogen-bond donors (Lipinski definition) is 2. The summed E-state index contributed by atoms with van der Waals surface area (Å²) in [5.74, 6) is -0.498. The minimum atomic E-state index is -0.610. The first-order chi connectivity index (χ1) is 10.0. The summed E-state index contributed by atoms with van der Waals surface area (Å²) in [5.41, 5.74) is 5.66. The summed E-state index contributed by atoms with van der Waals surface area (Å²) in [4.78, 5) is 0. The molecule has 110 valence electrons. The van der Waals surface area contributed by atoms with Crippen LogP contribution in [0.2, 0.25) is 10.0 Å². The highest BCUT2D eigenvalue weighted by atomic mass is 35.5. The zero-order valence-corrected chi connectivity index (χ0v) is 12.2. The Morgan fingerprint density at radius 3 is 2.52 bits per heavy atom. The van der Waals surface area contributed by atoms with E-state index in [1.54, 1.807) is 24.3 Å². The molecule has 21 heavy (non-hydrogen) atoms. The van der Waals surface area contributed by atoms with Crippen molar-refractivity contribution in [3.63, 3.8) is 0 Å². The Bertz CT molecular complexity index is 672. The molecular formula is C14H11Cl2FN2O2. The Hall–Kier alpha value is -1.98. The molecule has 0 aliphatic rings. The topological polar surface area (TPSA) is 67.8 Å². The Labute approximate surface area is 130 Å². The lowest BCUT2D eigenvalue weighted by atomic mass is 10.1. The van der Waals surface area contributed by atoms with E-state index in [0.717, 1.165) is 0 Å². The minimum absolute atomic E-state index is 0.00252. The van der Waals surface area contributed by atoms with Gasteiger partial charge in [-0.25, -0.2) is 4.39 Å². The summed E-state index contributed by atoms with van der Waals surface area (Å²) in [6.45, 7) is -0.0466. The van der Waals surface area contributed by atoms with E-state index in [4.69, 9.17) is 38.9 Å². The molecule has 7 heteroatoms. The lowest BCUT2D eigenvalue weighted by Crippen LogP contribution is -2.16. The highest BCUT2D eigenvalue weighted by molar-refractivity contribution is 6.34. The molecule has 0 radical (unpaired) electrons. The smallest absolute Gasteiger partial charge is 0.173 e. The van der Waals surface area contributed by atoms with E-state index in [0.29, 0.717) is 15.8 Å². The fraction of sp³-hybridized carbons (Fsp3) is 0.0714. The van der Waals surface area contributed by atoms with Gasteiger partial charge >= 0.3 is 0 Å². The first kappa shape index (κ1) is 15.4. The summed E-state index contributed by atoms with van der Waals surface area (Å²) in [5, 5.41) is 12.2. The second-order valence-corrected chi connectivity index (χ2v) is 5.03. The van der Waals surface area contributed by atoms with Gasteiger partial charge in [-0.2, -0.15) is 0 Å². The number of nitrogens with zero attached hydrogens (tertiary/aromatic N) is 1. The van der Waals surface area contributed by atoms with Crippen molar-refractivity contribution in [2.75, 3.05) is 0 Å². The van der Waals surface area contributed by atoms with Crippen molar-refractivity contribution in [1.29, 1.82) is 0 Å². The van der Waals surface area contributed by atoms with Gasteiger partial charge in [0, 0.05) is 15.6 Å². The minimum Gasteiger partial charge on any atom is -0.489 e. The normalized spacial score (nSPS) is 11.5. The number of oxime groups is 1. The van der Waals surface area contributed by atoms with E-state index in [-0.39, 0.29) is 23.6 Å². The van der Waals surface area contributed by atoms with Crippen LogP contribution in [0.3, 0.4) is 0 Å². The van der Waals surface area contributed by atoms with Gasteiger partial charge in [-0.15, -0.1) is 0 Å². The number of rotatable bonds is 4.